The lowest BCUT2D eigenvalue weighted by Crippen LogP contribution is -2.37. The molecule has 0 rings (SSSR count). The van der Waals surface area contributed by atoms with Gasteiger partial charge in [-0.15, -0.1) is 0 Å². The van der Waals surface area contributed by atoms with E-state index in [0.717, 1.165) is 64.2 Å². The van der Waals surface area contributed by atoms with Crippen LogP contribution < -0.4 is 4.89 Å². The molecule has 0 aliphatic carbocycles. The molecule has 0 bridgehead atoms. The Bertz CT molecular complexity index is 1010. The van der Waals surface area contributed by atoms with Gasteiger partial charge in [-0.1, -0.05) is 119 Å². The number of hydrogen-bond acceptors (Lipinski definition) is 7. The second-order valence-corrected chi connectivity index (χ2v) is 14.6. The van der Waals surface area contributed by atoms with Gasteiger partial charge in [-0.25, -0.2) is 0 Å². The number of carbonyl (C=O) groups excluding carboxylic acids is 1. The Kier molecular flexibility index (Phi) is 31.7. The van der Waals surface area contributed by atoms with Gasteiger partial charge in [0.1, 0.15) is 19.3 Å². The minimum atomic E-state index is -4.54. The van der Waals surface area contributed by atoms with E-state index in [9.17, 15) is 14.3 Å². The fourth-order valence-electron chi connectivity index (χ4n) is 4.36. The average Bonchev–Trinajstić information content (AvgIpc) is 3.04. The van der Waals surface area contributed by atoms with Gasteiger partial charge >= 0.3 is 5.97 Å². The van der Waals surface area contributed by atoms with Crippen molar-refractivity contribution in [2.75, 3.05) is 54.1 Å². The summed E-state index contributed by atoms with van der Waals surface area (Å²) in [6.45, 7) is 5.06. The van der Waals surface area contributed by atoms with Crippen LogP contribution in [0.2, 0.25) is 0 Å². The number of rotatable bonds is 33. The molecule has 49 heavy (non-hydrogen) atoms. The van der Waals surface area contributed by atoms with Crippen molar-refractivity contribution in [2.24, 2.45) is 0 Å². The van der Waals surface area contributed by atoms with Crippen LogP contribution in [0.4, 0.5) is 0 Å². The van der Waals surface area contributed by atoms with Crippen molar-refractivity contribution in [2.45, 2.75) is 123 Å². The third-order valence-electron chi connectivity index (χ3n) is 7.24. The van der Waals surface area contributed by atoms with Gasteiger partial charge in [-0.05, 0) is 64.2 Å². The molecular weight excluding hydrogens is 637 g/mol. The Morgan fingerprint density at radius 2 is 1.18 bits per heavy atom. The van der Waals surface area contributed by atoms with Crippen molar-refractivity contribution < 1.29 is 37.3 Å². The number of likely N-dealkylation sites (N-methyl/N-ethyl adjacent to an activating group) is 1. The number of carbonyl (C=O) groups is 1. The number of unbranched alkanes of at least 4 members (excludes halogenated alkanes) is 7. The summed E-state index contributed by atoms with van der Waals surface area (Å²) in [6, 6.07) is 0. The number of nitrogens with zero attached hydrogens (tertiary/aromatic N) is 1. The molecule has 0 aliphatic heterocycles. The standard InChI is InChI=1S/C40H70NO7P/c1-6-8-10-12-14-16-18-20-22-24-26-28-30-32-35-45-37-39(38-47-49(43,44)46-36-34-41(3,4)5)48-40(42)33-31-29-27-25-23-21-19-17-15-13-11-9-7-2/h9-12,15-18,21,23,27,29,39H,6-8,13-14,19-20,22,24-26,28,30-38H2,1-5H3/b11-9-,12-10-,17-15-,18-16-,23-21-,29-27-. The molecule has 0 fully saturated rings. The first-order valence-corrected chi connectivity index (χ1v) is 20.1. The van der Waals surface area contributed by atoms with Crippen LogP contribution in [0.15, 0.2) is 72.9 Å². The van der Waals surface area contributed by atoms with Crippen LogP contribution in [-0.2, 0) is 27.9 Å². The monoisotopic (exact) mass is 707 g/mol. The first-order valence-electron chi connectivity index (χ1n) is 18.7. The van der Waals surface area contributed by atoms with E-state index in [4.69, 9.17) is 18.5 Å². The lowest BCUT2D eigenvalue weighted by atomic mass is 10.1. The summed E-state index contributed by atoms with van der Waals surface area (Å²) in [4.78, 5) is 24.9. The van der Waals surface area contributed by atoms with Crippen molar-refractivity contribution in [3.63, 3.8) is 0 Å². The first kappa shape index (κ1) is 46.9. The van der Waals surface area contributed by atoms with Crippen molar-refractivity contribution in [1.82, 2.24) is 0 Å². The number of hydrogen-bond donors (Lipinski definition) is 0. The largest absolute Gasteiger partial charge is 0.756 e. The SMILES string of the molecule is CC/C=C\C/C=C\C/C=C\C/C=C\CCC(=O)OC(COCCCCCCCC/C=C\C/C=C\CCC)COP(=O)([O-])OCC[N+](C)(C)C. The van der Waals surface area contributed by atoms with Gasteiger partial charge < -0.3 is 27.9 Å². The second-order valence-electron chi connectivity index (χ2n) is 13.2. The zero-order valence-electron chi connectivity index (χ0n) is 31.6. The lowest BCUT2D eigenvalue weighted by molar-refractivity contribution is -0.870. The molecule has 0 aromatic carbocycles. The van der Waals surface area contributed by atoms with E-state index in [-0.39, 0.29) is 26.2 Å². The number of phosphoric ester groups is 1. The molecule has 0 aromatic heterocycles. The Labute approximate surface area is 300 Å². The quantitative estimate of drug-likeness (QED) is 0.0220. The topological polar surface area (TPSA) is 94.1 Å². The third-order valence-corrected chi connectivity index (χ3v) is 8.20. The van der Waals surface area contributed by atoms with Crippen molar-refractivity contribution in [1.29, 1.82) is 0 Å². The minimum absolute atomic E-state index is 0.00746. The molecular formula is C40H70NO7P. The maximum atomic E-state index is 12.6. The van der Waals surface area contributed by atoms with Crippen LogP contribution in [0.1, 0.15) is 117 Å². The van der Waals surface area contributed by atoms with Gasteiger partial charge in [0.15, 0.2) is 0 Å². The highest BCUT2D eigenvalue weighted by Crippen LogP contribution is 2.38. The predicted octanol–water partition coefficient (Wildman–Crippen LogP) is 9.74. The summed E-state index contributed by atoms with van der Waals surface area (Å²) >= 11 is 0. The Hall–Kier alpha value is -2.06. The Morgan fingerprint density at radius 1 is 0.653 bits per heavy atom. The molecule has 0 N–H and O–H groups in total. The number of ether oxygens (including phenoxy) is 2. The van der Waals surface area contributed by atoms with Crippen molar-refractivity contribution >= 4 is 13.8 Å². The van der Waals surface area contributed by atoms with Gasteiger partial charge in [0.05, 0.1) is 34.4 Å². The minimum Gasteiger partial charge on any atom is -0.756 e. The molecule has 282 valence electrons. The molecule has 0 heterocycles. The van der Waals surface area contributed by atoms with Crippen LogP contribution in [0, 0.1) is 0 Å². The lowest BCUT2D eigenvalue weighted by Gasteiger charge is -2.28. The maximum absolute atomic E-state index is 12.6. The smallest absolute Gasteiger partial charge is 0.306 e. The second kappa shape index (κ2) is 33.1. The highest BCUT2D eigenvalue weighted by atomic mass is 31.2. The van der Waals surface area contributed by atoms with Gasteiger partial charge in [0.2, 0.25) is 0 Å². The summed E-state index contributed by atoms with van der Waals surface area (Å²) in [5.41, 5.74) is 0. The predicted molar refractivity (Wildman–Crippen MR) is 203 cm³/mol. The summed E-state index contributed by atoms with van der Waals surface area (Å²) in [6.07, 6.45) is 40.7. The number of phosphoric acid groups is 1. The van der Waals surface area contributed by atoms with Crippen LogP contribution >= 0.6 is 7.82 Å². The zero-order valence-corrected chi connectivity index (χ0v) is 32.5. The Morgan fingerprint density at radius 3 is 1.78 bits per heavy atom. The molecule has 8 nitrogen and oxygen atoms in total. The zero-order chi connectivity index (χ0) is 36.3. The summed E-state index contributed by atoms with van der Waals surface area (Å²) in [5, 5.41) is 0. The van der Waals surface area contributed by atoms with Crippen molar-refractivity contribution in [3.05, 3.63) is 72.9 Å². The summed E-state index contributed by atoms with van der Waals surface area (Å²) in [5.74, 6) is -0.422. The molecule has 0 radical (unpaired) electrons. The van der Waals surface area contributed by atoms with E-state index in [1.54, 1.807) is 0 Å². The molecule has 0 aromatic rings. The molecule has 0 spiro atoms. The van der Waals surface area contributed by atoms with E-state index >= 15 is 0 Å². The molecule has 0 amide bonds. The van der Waals surface area contributed by atoms with Crippen LogP contribution in [0.5, 0.6) is 0 Å². The van der Waals surface area contributed by atoms with Crippen LogP contribution in [0.25, 0.3) is 0 Å². The number of allylic oxidation sites excluding steroid dienone is 12. The molecule has 2 unspecified atom stereocenters. The molecule has 0 saturated heterocycles. The Balaban J connectivity index is 4.46. The van der Waals surface area contributed by atoms with E-state index in [1.807, 2.05) is 33.3 Å². The molecule has 2 atom stereocenters. The van der Waals surface area contributed by atoms with Crippen molar-refractivity contribution in [3.8, 4) is 0 Å². The van der Waals surface area contributed by atoms with E-state index < -0.39 is 19.9 Å². The third kappa shape index (κ3) is 37.0. The van der Waals surface area contributed by atoms with E-state index in [1.165, 1.54) is 25.7 Å². The molecule has 0 aliphatic rings. The molecule has 9 heteroatoms. The van der Waals surface area contributed by atoms with Gasteiger partial charge in [-0.3, -0.25) is 9.36 Å². The van der Waals surface area contributed by atoms with Crippen LogP contribution in [-0.4, -0.2) is 70.7 Å². The highest BCUT2D eigenvalue weighted by Gasteiger charge is 2.20. The summed E-state index contributed by atoms with van der Waals surface area (Å²) < 4.78 is 34.3. The fourth-order valence-corrected chi connectivity index (χ4v) is 5.09. The normalized spacial score (nSPS) is 14.8. The number of quaternary nitrogens is 1. The van der Waals surface area contributed by atoms with E-state index in [0.29, 0.717) is 24.1 Å². The van der Waals surface area contributed by atoms with Gasteiger partial charge in [-0.2, -0.15) is 0 Å². The van der Waals surface area contributed by atoms with Crippen LogP contribution in [0.3, 0.4) is 0 Å². The number of esters is 1. The highest BCUT2D eigenvalue weighted by molar-refractivity contribution is 7.45. The average molecular weight is 708 g/mol. The maximum Gasteiger partial charge on any atom is 0.306 e. The fraction of sp³-hybridized carbons (Fsp3) is 0.675. The first-order chi connectivity index (χ1) is 23.6. The summed E-state index contributed by atoms with van der Waals surface area (Å²) in [7, 11) is 1.29. The van der Waals surface area contributed by atoms with E-state index in [2.05, 4.69) is 74.6 Å². The van der Waals surface area contributed by atoms with Gasteiger partial charge in [0, 0.05) is 13.0 Å². The molecule has 0 saturated carbocycles. The van der Waals surface area contributed by atoms with Gasteiger partial charge in [0.25, 0.3) is 7.82 Å².